The van der Waals surface area contributed by atoms with E-state index in [1.165, 1.54) is 229 Å². The fraction of sp³-hybridized carbons (Fsp3) is 0.897. The first kappa shape index (κ1) is 74.7. The van der Waals surface area contributed by atoms with Crippen molar-refractivity contribution in [2.24, 2.45) is 76.9 Å². The number of unbranched alkanes of at least 4 members (excludes halogenated alkanes) is 19. The molecule has 0 spiro atoms. The Hall–Kier alpha value is -1.52. The maximum Gasteiger partial charge on any atom is 0.136 e. The summed E-state index contributed by atoms with van der Waals surface area (Å²) in [5.74, 6) is 10.3. The Morgan fingerprint density at radius 2 is 0.841 bits per heavy atom. The quantitative estimate of drug-likeness (QED) is 0.0450. The molecule has 0 aromatic rings. The van der Waals surface area contributed by atoms with E-state index in [4.69, 9.17) is 16.1 Å². The van der Waals surface area contributed by atoms with Crippen LogP contribution in [0.2, 0.25) is 0 Å². The lowest BCUT2D eigenvalue weighted by Crippen LogP contribution is -2.34. The van der Waals surface area contributed by atoms with Crippen molar-refractivity contribution in [1.29, 1.82) is 0 Å². The summed E-state index contributed by atoms with van der Waals surface area (Å²) in [5.41, 5.74) is 4.24. The molecule has 3 saturated carbocycles. The standard InChI is InChI=1S/C78H142O4/c1-13-70(61(2)3)46-32-28-30-41-63(6)42-34-36-56-81-58-40-44-65(8)60-82-57-35-27-26-33-53-78(80)77-52-39-51-76(77)69(12)75-50-38-49-74(75)68(11)73-48-37-47-72(73)66(9)54-55-71(62(4)5)59-64(7)43-29-24-22-20-18-16-14-15-17-19-21-23-25-31-45-67(10)79/h61-63,68-77H,7-9,13-60H2,1-6,10-12H3. The van der Waals surface area contributed by atoms with Gasteiger partial charge in [-0.2, -0.15) is 0 Å². The van der Waals surface area contributed by atoms with Crippen LogP contribution in [-0.4, -0.2) is 38.0 Å². The van der Waals surface area contributed by atoms with Crippen LogP contribution < -0.4 is 0 Å². The van der Waals surface area contributed by atoms with Crippen molar-refractivity contribution in [3.8, 4) is 0 Å². The molecule has 0 amide bonds. The van der Waals surface area contributed by atoms with Gasteiger partial charge in [0.25, 0.3) is 0 Å². The minimum absolute atomic E-state index is 0.301. The first-order valence-corrected chi connectivity index (χ1v) is 36.8. The van der Waals surface area contributed by atoms with E-state index in [9.17, 15) is 9.59 Å². The van der Waals surface area contributed by atoms with Gasteiger partial charge in [0.2, 0.25) is 0 Å². The van der Waals surface area contributed by atoms with Gasteiger partial charge in [0.1, 0.15) is 11.6 Å². The number of hydrogen-bond acceptors (Lipinski definition) is 4. The summed E-state index contributed by atoms with van der Waals surface area (Å²) in [6.45, 7) is 38.4. The zero-order valence-corrected chi connectivity index (χ0v) is 56.7. The predicted octanol–water partition coefficient (Wildman–Crippen LogP) is 24.2. The lowest BCUT2D eigenvalue weighted by Gasteiger charge is -2.39. The Labute approximate surface area is 512 Å². The largest absolute Gasteiger partial charge is 0.381 e. The Morgan fingerprint density at radius 1 is 0.415 bits per heavy atom. The number of hydrogen-bond donors (Lipinski definition) is 0. The van der Waals surface area contributed by atoms with Crippen LogP contribution in [-0.2, 0) is 19.1 Å². The monoisotopic (exact) mass is 1140 g/mol. The highest BCUT2D eigenvalue weighted by molar-refractivity contribution is 5.81. The zero-order chi connectivity index (χ0) is 59.7. The number of carbonyl (C=O) groups excluding carboxylic acids is 2. The van der Waals surface area contributed by atoms with E-state index in [1.807, 2.05) is 0 Å². The van der Waals surface area contributed by atoms with Crippen LogP contribution in [0.5, 0.6) is 0 Å². The normalized spacial score (nSPS) is 22.0. The van der Waals surface area contributed by atoms with E-state index in [-0.39, 0.29) is 0 Å². The Morgan fingerprint density at radius 3 is 1.41 bits per heavy atom. The summed E-state index contributed by atoms with van der Waals surface area (Å²) in [6, 6.07) is 0. The molecule has 4 heteroatoms. The first-order chi connectivity index (χ1) is 39.6. The molecule has 0 aromatic heterocycles. The minimum Gasteiger partial charge on any atom is -0.381 e. The van der Waals surface area contributed by atoms with Crippen LogP contribution in [0.15, 0.2) is 36.5 Å². The lowest BCUT2D eigenvalue weighted by molar-refractivity contribution is -0.125. The molecule has 0 heterocycles. The van der Waals surface area contributed by atoms with Crippen molar-refractivity contribution >= 4 is 11.6 Å². The van der Waals surface area contributed by atoms with Gasteiger partial charge in [-0.15, -0.1) is 0 Å². The van der Waals surface area contributed by atoms with Gasteiger partial charge in [0, 0.05) is 38.6 Å². The van der Waals surface area contributed by atoms with Crippen LogP contribution in [0.25, 0.3) is 0 Å². The maximum absolute atomic E-state index is 13.9. The van der Waals surface area contributed by atoms with Crippen molar-refractivity contribution in [3.63, 3.8) is 0 Å². The van der Waals surface area contributed by atoms with E-state index >= 15 is 0 Å². The third-order valence-corrected chi connectivity index (χ3v) is 22.1. The van der Waals surface area contributed by atoms with Gasteiger partial charge in [-0.05, 0) is 187 Å². The summed E-state index contributed by atoms with van der Waals surface area (Å²) < 4.78 is 12.0. The number of ketones is 2. The van der Waals surface area contributed by atoms with Crippen LogP contribution in [0.1, 0.15) is 345 Å². The molecule has 3 fully saturated rings. The number of ether oxygens (including phenoxy) is 2. The van der Waals surface area contributed by atoms with Crippen molar-refractivity contribution in [2.75, 3.05) is 26.4 Å². The summed E-state index contributed by atoms with van der Waals surface area (Å²) >= 11 is 0. The van der Waals surface area contributed by atoms with Crippen LogP contribution in [0.3, 0.4) is 0 Å². The van der Waals surface area contributed by atoms with Gasteiger partial charge in [-0.25, -0.2) is 0 Å². The summed E-state index contributed by atoms with van der Waals surface area (Å²) in [7, 11) is 0. The van der Waals surface area contributed by atoms with Crippen LogP contribution in [0.4, 0.5) is 0 Å². The fourth-order valence-electron chi connectivity index (χ4n) is 16.5. The van der Waals surface area contributed by atoms with E-state index in [1.54, 1.807) is 12.5 Å². The molecule has 3 aliphatic rings. The smallest absolute Gasteiger partial charge is 0.136 e. The number of carbonyl (C=O) groups is 2. The van der Waals surface area contributed by atoms with E-state index in [0.29, 0.717) is 53.7 Å². The zero-order valence-electron chi connectivity index (χ0n) is 56.7. The highest BCUT2D eigenvalue weighted by atomic mass is 16.5. The summed E-state index contributed by atoms with van der Waals surface area (Å²) in [6.07, 6.45) is 55.7. The minimum atomic E-state index is 0.301. The lowest BCUT2D eigenvalue weighted by atomic mass is 9.66. The molecule has 3 aliphatic carbocycles. The predicted molar refractivity (Wildman–Crippen MR) is 359 cm³/mol. The molecule has 4 nitrogen and oxygen atoms in total. The third kappa shape index (κ3) is 32.5. The topological polar surface area (TPSA) is 52.6 Å². The number of allylic oxidation sites excluding steroid dienone is 2. The van der Waals surface area contributed by atoms with Gasteiger partial charge in [-0.1, -0.05) is 252 Å². The van der Waals surface area contributed by atoms with Gasteiger partial charge in [0.05, 0.1) is 6.61 Å². The highest BCUT2D eigenvalue weighted by Gasteiger charge is 2.46. The molecule has 0 aromatic carbocycles. The van der Waals surface area contributed by atoms with Gasteiger partial charge in [0.15, 0.2) is 0 Å². The summed E-state index contributed by atoms with van der Waals surface area (Å²) in [4.78, 5) is 25.0. The molecule has 0 aliphatic heterocycles. The molecule has 0 saturated heterocycles. The van der Waals surface area contributed by atoms with Crippen molar-refractivity contribution in [3.05, 3.63) is 36.5 Å². The van der Waals surface area contributed by atoms with Crippen molar-refractivity contribution < 1.29 is 19.1 Å². The fourth-order valence-corrected chi connectivity index (χ4v) is 16.5. The molecule has 0 N–H and O–H groups in total. The summed E-state index contributed by atoms with van der Waals surface area (Å²) in [5, 5.41) is 0. The Bertz CT molecular complexity index is 1640. The number of rotatable bonds is 55. The van der Waals surface area contributed by atoms with E-state index in [0.717, 1.165) is 125 Å². The molecule has 0 bridgehead atoms. The van der Waals surface area contributed by atoms with Gasteiger partial charge in [-0.3, -0.25) is 4.79 Å². The molecule has 11 unspecified atom stereocenters. The second-order valence-corrected chi connectivity index (χ2v) is 29.5. The van der Waals surface area contributed by atoms with Crippen LogP contribution in [0, 0.1) is 76.9 Å². The molecule has 82 heavy (non-hydrogen) atoms. The maximum atomic E-state index is 13.9. The second kappa shape index (κ2) is 46.6. The molecule has 3 rings (SSSR count). The molecule has 478 valence electrons. The Kier molecular flexibility index (Phi) is 42.5. The SMILES string of the molecule is C=C(CCCOCCCCC(C)CCCCCC(CC)C(C)C)COCCCCCCC(=O)C1CCCC1C(C)C1CCCC1C(C)C1CCCC1C(=C)CCC(CC(=C)CCCCCCCCCCCCCCCCC(C)=O)C(C)C. The molecule has 0 radical (unpaired) electrons. The van der Waals surface area contributed by atoms with E-state index in [2.05, 4.69) is 68.5 Å². The molecular formula is C78H142O4. The molecule has 11 atom stereocenters. The average molecular weight is 1140 g/mol. The van der Waals surface area contributed by atoms with E-state index < -0.39 is 0 Å². The van der Waals surface area contributed by atoms with Gasteiger partial charge < -0.3 is 14.3 Å². The third-order valence-electron chi connectivity index (χ3n) is 22.1. The van der Waals surface area contributed by atoms with Crippen LogP contribution >= 0.6 is 0 Å². The number of Topliss-reactive ketones (excluding diaryl/α,β-unsaturated/α-hetero) is 2. The second-order valence-electron chi connectivity index (χ2n) is 29.5. The van der Waals surface area contributed by atoms with Gasteiger partial charge >= 0.3 is 0 Å². The molecular weight excluding hydrogens is 1000 g/mol. The Balaban J connectivity index is 1.23. The first-order valence-electron chi connectivity index (χ1n) is 36.8. The van der Waals surface area contributed by atoms with Crippen molar-refractivity contribution in [1.82, 2.24) is 0 Å². The van der Waals surface area contributed by atoms with Crippen molar-refractivity contribution in [2.45, 2.75) is 345 Å². The average Bonchev–Trinajstić information content (AvgIpc) is 4.45. The highest BCUT2D eigenvalue weighted by Crippen LogP contribution is 2.54.